The van der Waals surface area contributed by atoms with Crippen LogP contribution in [0.4, 0.5) is 0 Å². The van der Waals surface area contributed by atoms with Crippen molar-refractivity contribution in [2.24, 2.45) is 0 Å². The molecule has 2 N–H and O–H groups in total. The number of hydrogen-bond donors (Lipinski definition) is 2. The molecule has 6 heteroatoms. The van der Waals surface area contributed by atoms with Gasteiger partial charge in [0.15, 0.2) is 5.43 Å². The van der Waals surface area contributed by atoms with E-state index in [4.69, 9.17) is 5.11 Å². The molecule has 1 amide bonds. The highest BCUT2D eigenvalue weighted by Crippen LogP contribution is 2.08. The first kappa shape index (κ1) is 14.9. The summed E-state index contributed by atoms with van der Waals surface area (Å²) in [4.78, 5) is 38.9. The summed E-state index contributed by atoms with van der Waals surface area (Å²) >= 11 is 0. The summed E-state index contributed by atoms with van der Waals surface area (Å²) < 4.78 is 0. The van der Waals surface area contributed by atoms with Crippen LogP contribution < -0.4 is 5.43 Å². The lowest BCUT2D eigenvalue weighted by molar-refractivity contribution is -0.138. The summed E-state index contributed by atoms with van der Waals surface area (Å²) in [7, 11) is 0. The van der Waals surface area contributed by atoms with Gasteiger partial charge >= 0.3 is 5.97 Å². The third kappa shape index (κ3) is 3.67. The monoisotopic (exact) mass is 266 g/mol. The number of aliphatic carboxylic acids is 1. The van der Waals surface area contributed by atoms with Gasteiger partial charge < -0.3 is 15.0 Å². The van der Waals surface area contributed by atoms with Crippen LogP contribution in [0.25, 0.3) is 0 Å². The number of carbonyl (C=O) groups is 2. The maximum atomic E-state index is 12.2. The second-order valence-corrected chi connectivity index (χ2v) is 4.43. The molecule has 1 rings (SSSR count). The summed E-state index contributed by atoms with van der Waals surface area (Å²) in [5.74, 6) is -1.42. The molecule has 104 valence electrons. The average Bonchev–Trinajstić information content (AvgIpc) is 2.28. The van der Waals surface area contributed by atoms with Crippen molar-refractivity contribution in [3.8, 4) is 0 Å². The lowest BCUT2D eigenvalue weighted by Gasteiger charge is -2.26. The number of aromatic amines is 1. The Morgan fingerprint density at radius 1 is 1.47 bits per heavy atom. The fourth-order valence-corrected chi connectivity index (χ4v) is 1.91. The summed E-state index contributed by atoms with van der Waals surface area (Å²) in [6.07, 6.45) is 1.22. The number of hydrogen-bond acceptors (Lipinski definition) is 3. The van der Waals surface area contributed by atoms with Gasteiger partial charge in [0.25, 0.3) is 5.91 Å². The van der Waals surface area contributed by atoms with E-state index >= 15 is 0 Å². The molecule has 0 saturated heterocycles. The van der Waals surface area contributed by atoms with Crippen LogP contribution >= 0.6 is 0 Å². The molecule has 1 aromatic rings. The van der Waals surface area contributed by atoms with Crippen LogP contribution in [0.5, 0.6) is 0 Å². The van der Waals surface area contributed by atoms with Crippen molar-refractivity contribution in [2.75, 3.05) is 6.54 Å². The number of amides is 1. The highest BCUT2D eigenvalue weighted by Gasteiger charge is 2.23. The normalized spacial score (nSPS) is 11.9. The Balaban J connectivity index is 3.01. The first-order valence-electron chi connectivity index (χ1n) is 6.08. The van der Waals surface area contributed by atoms with Crippen molar-refractivity contribution in [3.05, 3.63) is 33.7 Å². The van der Waals surface area contributed by atoms with E-state index in [1.165, 1.54) is 17.2 Å². The highest BCUT2D eigenvalue weighted by atomic mass is 16.4. The van der Waals surface area contributed by atoms with Crippen LogP contribution in [0.2, 0.25) is 0 Å². The number of nitrogens with one attached hydrogen (secondary N) is 1. The van der Waals surface area contributed by atoms with Crippen LogP contribution in [0.3, 0.4) is 0 Å². The zero-order valence-corrected chi connectivity index (χ0v) is 11.3. The van der Waals surface area contributed by atoms with Gasteiger partial charge in [0, 0.05) is 30.5 Å². The van der Waals surface area contributed by atoms with Gasteiger partial charge in [-0.05, 0) is 20.8 Å². The topological polar surface area (TPSA) is 90.5 Å². The van der Waals surface area contributed by atoms with E-state index in [0.717, 1.165) is 0 Å². The minimum Gasteiger partial charge on any atom is -0.481 e. The number of rotatable bonds is 5. The van der Waals surface area contributed by atoms with E-state index in [9.17, 15) is 14.4 Å². The fraction of sp³-hybridized carbons (Fsp3) is 0.462. The van der Waals surface area contributed by atoms with E-state index in [2.05, 4.69) is 4.98 Å². The zero-order valence-electron chi connectivity index (χ0n) is 11.3. The summed E-state index contributed by atoms with van der Waals surface area (Å²) in [6, 6.07) is 0.888. The van der Waals surface area contributed by atoms with Crippen LogP contribution in [0, 0.1) is 6.92 Å². The van der Waals surface area contributed by atoms with Crippen LogP contribution in [0.15, 0.2) is 17.1 Å². The lowest BCUT2D eigenvalue weighted by Crippen LogP contribution is -2.41. The highest BCUT2D eigenvalue weighted by molar-refractivity contribution is 5.94. The maximum Gasteiger partial charge on any atom is 0.305 e. The molecule has 1 atom stereocenters. The molecular formula is C13H18N2O4. The number of aromatic nitrogens is 1. The number of carboxylic acid groups (broad SMARTS) is 1. The minimum atomic E-state index is -0.975. The van der Waals surface area contributed by atoms with Crippen molar-refractivity contribution >= 4 is 11.9 Å². The van der Waals surface area contributed by atoms with Gasteiger partial charge in [-0.1, -0.05) is 0 Å². The first-order chi connectivity index (χ1) is 8.86. The maximum absolute atomic E-state index is 12.2. The van der Waals surface area contributed by atoms with Crippen LogP contribution in [0.1, 0.15) is 36.3 Å². The Kier molecular flexibility index (Phi) is 4.86. The van der Waals surface area contributed by atoms with Crippen molar-refractivity contribution in [3.63, 3.8) is 0 Å². The molecule has 0 saturated carbocycles. The molecular weight excluding hydrogens is 248 g/mol. The molecule has 0 aliphatic rings. The van der Waals surface area contributed by atoms with E-state index in [1.807, 2.05) is 0 Å². The molecule has 0 fully saturated rings. The third-order valence-corrected chi connectivity index (χ3v) is 2.89. The fourth-order valence-electron chi connectivity index (χ4n) is 1.91. The Morgan fingerprint density at radius 3 is 2.58 bits per heavy atom. The number of aryl methyl sites for hydroxylation is 1. The van der Waals surface area contributed by atoms with Gasteiger partial charge in [0.05, 0.1) is 6.42 Å². The molecule has 6 nitrogen and oxygen atoms in total. The molecule has 0 aliphatic heterocycles. The number of carbonyl (C=O) groups excluding carboxylic acids is 1. The molecule has 0 radical (unpaired) electrons. The second-order valence-electron chi connectivity index (χ2n) is 4.43. The van der Waals surface area contributed by atoms with E-state index in [-0.39, 0.29) is 17.4 Å². The number of pyridine rings is 1. The van der Waals surface area contributed by atoms with Gasteiger partial charge in [0.2, 0.25) is 0 Å². The lowest BCUT2D eigenvalue weighted by atomic mass is 10.1. The number of H-pyrrole nitrogens is 1. The molecule has 19 heavy (non-hydrogen) atoms. The second kappa shape index (κ2) is 6.17. The van der Waals surface area contributed by atoms with Gasteiger partial charge in [0.1, 0.15) is 5.56 Å². The van der Waals surface area contributed by atoms with Gasteiger partial charge in [-0.2, -0.15) is 0 Å². The van der Waals surface area contributed by atoms with Crippen molar-refractivity contribution < 1.29 is 14.7 Å². The predicted octanol–water partition coefficient (Wildman–Crippen LogP) is 1.01. The zero-order chi connectivity index (χ0) is 14.6. The molecule has 1 aromatic heterocycles. The summed E-state index contributed by atoms with van der Waals surface area (Å²) in [5.41, 5.74) is 0.343. The van der Waals surface area contributed by atoms with Crippen LogP contribution in [-0.2, 0) is 4.79 Å². The SMILES string of the molecule is CCN(C(=O)c1c[nH]c(C)cc1=O)C(C)CC(=O)O. The van der Waals surface area contributed by atoms with Crippen molar-refractivity contribution in [2.45, 2.75) is 33.2 Å². The first-order valence-corrected chi connectivity index (χ1v) is 6.08. The van der Waals surface area contributed by atoms with Crippen LogP contribution in [-0.4, -0.2) is 39.5 Å². The smallest absolute Gasteiger partial charge is 0.305 e. The van der Waals surface area contributed by atoms with Gasteiger partial charge in [-0.15, -0.1) is 0 Å². The minimum absolute atomic E-state index is 0.0321. The molecule has 0 aromatic carbocycles. The average molecular weight is 266 g/mol. The van der Waals surface area contributed by atoms with E-state index in [1.54, 1.807) is 20.8 Å². The van der Waals surface area contributed by atoms with Gasteiger partial charge in [-0.3, -0.25) is 14.4 Å². The number of nitrogens with zero attached hydrogens (tertiary/aromatic N) is 1. The Bertz CT molecular complexity index is 536. The third-order valence-electron chi connectivity index (χ3n) is 2.89. The predicted molar refractivity (Wildman–Crippen MR) is 70.2 cm³/mol. The molecule has 1 heterocycles. The standard InChI is InChI=1S/C13H18N2O4/c1-4-15(9(3)6-12(17)18)13(19)10-7-14-8(2)5-11(10)16/h5,7,9H,4,6H2,1-3H3,(H,14,16)(H,17,18). The Morgan fingerprint density at radius 2 is 2.11 bits per heavy atom. The van der Waals surface area contributed by atoms with E-state index in [0.29, 0.717) is 12.2 Å². The molecule has 0 aliphatic carbocycles. The number of carboxylic acids is 1. The molecule has 1 unspecified atom stereocenters. The molecule has 0 bridgehead atoms. The van der Waals surface area contributed by atoms with E-state index < -0.39 is 17.9 Å². The quantitative estimate of drug-likeness (QED) is 0.832. The van der Waals surface area contributed by atoms with Crippen molar-refractivity contribution in [1.82, 2.24) is 9.88 Å². The van der Waals surface area contributed by atoms with Gasteiger partial charge in [-0.25, -0.2) is 0 Å². The molecule has 0 spiro atoms. The Hall–Kier alpha value is -2.11. The Labute approximate surface area is 111 Å². The van der Waals surface area contributed by atoms with Crippen molar-refractivity contribution in [1.29, 1.82) is 0 Å². The summed E-state index contributed by atoms with van der Waals surface area (Å²) in [6.45, 7) is 5.47. The largest absolute Gasteiger partial charge is 0.481 e. The summed E-state index contributed by atoms with van der Waals surface area (Å²) in [5, 5.41) is 8.77.